The van der Waals surface area contributed by atoms with Gasteiger partial charge in [0.2, 0.25) is 5.82 Å². The van der Waals surface area contributed by atoms with Crippen LogP contribution >= 0.6 is 23.2 Å². The maximum Gasteiger partial charge on any atom is 0.291 e. The van der Waals surface area contributed by atoms with Gasteiger partial charge >= 0.3 is 0 Å². The molecule has 0 fully saturated rings. The van der Waals surface area contributed by atoms with Crippen LogP contribution in [0.2, 0.25) is 10.0 Å². The normalized spacial score (nSPS) is 10.9. The minimum atomic E-state index is -1.59. The number of amides is 1. The smallest absolute Gasteiger partial charge is 0.291 e. The number of nitrogens with zero attached hydrogens (tertiary/aromatic N) is 2. The van der Waals surface area contributed by atoms with Crippen LogP contribution in [0.25, 0.3) is 11.4 Å². The van der Waals surface area contributed by atoms with Crippen molar-refractivity contribution in [2.24, 2.45) is 0 Å². The van der Waals surface area contributed by atoms with E-state index < -0.39 is 23.4 Å². The lowest BCUT2D eigenvalue weighted by Crippen LogP contribution is -2.24. The van der Waals surface area contributed by atoms with Crippen LogP contribution in [0.5, 0.6) is 5.75 Å². The van der Waals surface area contributed by atoms with Gasteiger partial charge < -0.3 is 10.4 Å². The van der Waals surface area contributed by atoms with Crippen LogP contribution in [0.3, 0.4) is 0 Å². The molecule has 1 aromatic heterocycles. The topological polar surface area (TPSA) is 90.9 Å². The summed E-state index contributed by atoms with van der Waals surface area (Å²) in [4.78, 5) is 16.0. The van der Waals surface area contributed by atoms with Gasteiger partial charge in [-0.25, -0.2) is 18.2 Å². The second-order valence-electron chi connectivity index (χ2n) is 5.35. The molecule has 0 aliphatic heterocycles. The van der Waals surface area contributed by atoms with Crippen molar-refractivity contribution in [1.82, 2.24) is 20.5 Å². The van der Waals surface area contributed by atoms with Crippen molar-refractivity contribution < 1.29 is 23.1 Å². The zero-order valence-electron chi connectivity index (χ0n) is 13.2. The SMILES string of the molecule is O=C(NCc1cc(F)c(F)c(F)c1)c1n[nH]c(-c2cc(Cl)c(O)c(Cl)c2)n1. The van der Waals surface area contributed by atoms with E-state index in [0.29, 0.717) is 5.56 Å². The first-order chi connectivity index (χ1) is 12.8. The van der Waals surface area contributed by atoms with Crippen LogP contribution in [0.15, 0.2) is 24.3 Å². The molecule has 3 rings (SSSR count). The fraction of sp³-hybridized carbons (Fsp3) is 0.0625. The minimum Gasteiger partial charge on any atom is -0.505 e. The number of H-pyrrole nitrogens is 1. The molecule has 27 heavy (non-hydrogen) atoms. The third-order valence-corrected chi connectivity index (χ3v) is 4.05. The van der Waals surface area contributed by atoms with E-state index >= 15 is 0 Å². The molecule has 2 aromatic carbocycles. The summed E-state index contributed by atoms with van der Waals surface area (Å²) in [6.45, 7) is -0.270. The number of hydrogen-bond acceptors (Lipinski definition) is 4. The molecule has 0 aliphatic carbocycles. The van der Waals surface area contributed by atoms with Crippen LogP contribution in [-0.4, -0.2) is 26.2 Å². The number of rotatable bonds is 4. The first kappa shape index (κ1) is 19.0. The van der Waals surface area contributed by atoms with Crippen LogP contribution in [0, 0.1) is 17.5 Å². The molecule has 11 heteroatoms. The highest BCUT2D eigenvalue weighted by molar-refractivity contribution is 6.37. The second-order valence-corrected chi connectivity index (χ2v) is 6.17. The quantitative estimate of drug-likeness (QED) is 0.563. The molecule has 3 aromatic rings. The number of aromatic nitrogens is 3. The minimum absolute atomic E-state index is 0.0136. The number of hydrogen-bond donors (Lipinski definition) is 3. The number of halogens is 5. The number of aromatic amines is 1. The summed E-state index contributed by atoms with van der Waals surface area (Å²) in [5.41, 5.74) is 0.393. The van der Waals surface area contributed by atoms with Crippen LogP contribution in [-0.2, 0) is 6.54 Å². The van der Waals surface area contributed by atoms with Gasteiger partial charge in [-0.15, -0.1) is 5.10 Å². The van der Waals surface area contributed by atoms with Gasteiger partial charge in [0.05, 0.1) is 10.0 Å². The second kappa shape index (κ2) is 7.45. The standard InChI is InChI=1S/C16H9Cl2F3N4O2/c17-8-3-7(4-9(18)13(8)26)14-23-15(25-24-14)16(27)22-5-6-1-10(19)12(21)11(20)2-6/h1-4,26H,5H2,(H,22,27)(H,23,24,25). The monoisotopic (exact) mass is 416 g/mol. The van der Waals surface area contributed by atoms with Gasteiger partial charge in [0.25, 0.3) is 5.91 Å². The molecule has 0 atom stereocenters. The molecule has 3 N–H and O–H groups in total. The van der Waals surface area contributed by atoms with E-state index in [0.717, 1.165) is 12.1 Å². The van der Waals surface area contributed by atoms with E-state index in [9.17, 15) is 23.1 Å². The number of carbonyl (C=O) groups is 1. The molecule has 0 unspecified atom stereocenters. The summed E-state index contributed by atoms with van der Waals surface area (Å²) >= 11 is 11.7. The Hall–Kier alpha value is -2.78. The van der Waals surface area contributed by atoms with Gasteiger partial charge in [-0.2, -0.15) is 0 Å². The van der Waals surface area contributed by atoms with Crippen LogP contribution in [0.1, 0.15) is 16.2 Å². The summed E-state index contributed by atoms with van der Waals surface area (Å²) < 4.78 is 39.3. The molecule has 0 aliphatic rings. The van der Waals surface area contributed by atoms with Gasteiger partial charge in [-0.05, 0) is 29.8 Å². The molecule has 0 bridgehead atoms. The molecule has 0 saturated carbocycles. The van der Waals surface area contributed by atoms with Crippen LogP contribution < -0.4 is 5.32 Å². The van der Waals surface area contributed by atoms with Crippen LogP contribution in [0.4, 0.5) is 13.2 Å². The largest absolute Gasteiger partial charge is 0.505 e. The molecule has 6 nitrogen and oxygen atoms in total. The third-order valence-electron chi connectivity index (χ3n) is 3.48. The van der Waals surface area contributed by atoms with E-state index in [1.54, 1.807) is 0 Å². The highest BCUT2D eigenvalue weighted by atomic mass is 35.5. The molecular formula is C16H9Cl2F3N4O2. The van der Waals surface area contributed by atoms with Crippen molar-refractivity contribution in [2.75, 3.05) is 0 Å². The maximum absolute atomic E-state index is 13.2. The maximum atomic E-state index is 13.2. The fourth-order valence-corrected chi connectivity index (χ4v) is 2.65. The van der Waals surface area contributed by atoms with Gasteiger partial charge in [0.1, 0.15) is 0 Å². The van der Waals surface area contributed by atoms with Crippen molar-refractivity contribution in [2.45, 2.75) is 6.54 Å². The number of phenolic OH excluding ortho intramolecular Hbond substituents is 1. The van der Waals surface area contributed by atoms with Crippen molar-refractivity contribution >= 4 is 29.1 Å². The van der Waals surface area contributed by atoms with E-state index in [4.69, 9.17) is 23.2 Å². The Bertz CT molecular complexity index is 996. The summed E-state index contributed by atoms with van der Waals surface area (Å²) in [6.07, 6.45) is 0. The summed E-state index contributed by atoms with van der Waals surface area (Å²) in [5.74, 6) is -5.44. The third kappa shape index (κ3) is 3.99. The average Bonchev–Trinajstić information content (AvgIpc) is 3.12. The van der Waals surface area contributed by atoms with Gasteiger partial charge in [0.15, 0.2) is 29.0 Å². The lowest BCUT2D eigenvalue weighted by molar-refractivity contribution is 0.0941. The lowest BCUT2D eigenvalue weighted by atomic mass is 10.2. The summed E-state index contributed by atoms with van der Waals surface area (Å²) in [6, 6.07) is 4.27. The van der Waals surface area contributed by atoms with E-state index in [1.807, 2.05) is 0 Å². The average molecular weight is 417 g/mol. The Balaban J connectivity index is 1.74. The molecule has 0 saturated heterocycles. The zero-order chi connectivity index (χ0) is 19.7. The van der Waals surface area contributed by atoms with Crippen molar-refractivity contribution in [3.8, 4) is 17.1 Å². The Morgan fingerprint density at radius 3 is 2.30 bits per heavy atom. The molecule has 0 radical (unpaired) electrons. The van der Waals surface area contributed by atoms with Gasteiger partial charge in [-0.3, -0.25) is 9.89 Å². The van der Waals surface area contributed by atoms with E-state index in [1.165, 1.54) is 12.1 Å². The van der Waals surface area contributed by atoms with E-state index in [2.05, 4.69) is 20.5 Å². The number of benzene rings is 2. The van der Waals surface area contributed by atoms with Crippen molar-refractivity contribution in [3.63, 3.8) is 0 Å². The Kier molecular flexibility index (Phi) is 5.24. The highest BCUT2D eigenvalue weighted by Gasteiger charge is 2.16. The van der Waals surface area contributed by atoms with Gasteiger partial charge in [-0.1, -0.05) is 23.2 Å². The van der Waals surface area contributed by atoms with Crippen molar-refractivity contribution in [1.29, 1.82) is 0 Å². The Morgan fingerprint density at radius 1 is 1.11 bits per heavy atom. The Labute approximate surface area is 160 Å². The highest BCUT2D eigenvalue weighted by Crippen LogP contribution is 2.35. The number of nitrogens with one attached hydrogen (secondary N) is 2. The zero-order valence-corrected chi connectivity index (χ0v) is 14.7. The molecular weight excluding hydrogens is 408 g/mol. The summed E-state index contributed by atoms with van der Waals surface area (Å²) in [7, 11) is 0. The molecule has 0 spiro atoms. The summed E-state index contributed by atoms with van der Waals surface area (Å²) in [5, 5.41) is 18.1. The number of aromatic hydroxyl groups is 1. The van der Waals surface area contributed by atoms with Gasteiger partial charge in [0, 0.05) is 12.1 Å². The predicted molar refractivity (Wildman–Crippen MR) is 91.0 cm³/mol. The molecule has 140 valence electrons. The van der Waals surface area contributed by atoms with E-state index in [-0.39, 0.29) is 39.6 Å². The first-order valence-corrected chi connectivity index (χ1v) is 8.04. The van der Waals surface area contributed by atoms with Crippen molar-refractivity contribution in [3.05, 3.63) is 63.2 Å². The predicted octanol–water partition coefficient (Wildman–Crippen LogP) is 3.83. The molecule has 1 amide bonds. The molecule has 1 heterocycles. The number of carbonyl (C=O) groups excluding carboxylic acids is 1. The fourth-order valence-electron chi connectivity index (χ4n) is 2.17. The Morgan fingerprint density at radius 2 is 1.70 bits per heavy atom. The first-order valence-electron chi connectivity index (χ1n) is 7.28. The lowest BCUT2D eigenvalue weighted by Gasteiger charge is -2.04. The number of phenols is 1.